The highest BCUT2D eigenvalue weighted by molar-refractivity contribution is 6.01. The average molecular weight is 275 g/mol. The van der Waals surface area contributed by atoms with Crippen molar-refractivity contribution >= 4 is 17.2 Å². The summed E-state index contributed by atoms with van der Waals surface area (Å²) in [5.74, 6) is -1.05. The van der Waals surface area contributed by atoms with Crippen LogP contribution in [-0.4, -0.2) is 12.4 Å². The number of amidine groups is 1. The van der Waals surface area contributed by atoms with E-state index in [1.165, 1.54) is 24.3 Å². The van der Waals surface area contributed by atoms with Gasteiger partial charge in [0.2, 0.25) is 0 Å². The number of nitrogens with zero attached hydrogens (tertiary/aromatic N) is 1. The van der Waals surface area contributed by atoms with Crippen molar-refractivity contribution in [2.45, 2.75) is 6.92 Å². The van der Waals surface area contributed by atoms with E-state index in [0.29, 0.717) is 17.9 Å². The zero-order valence-electron chi connectivity index (χ0n) is 11.0. The van der Waals surface area contributed by atoms with Gasteiger partial charge in [0.15, 0.2) is 0 Å². The minimum absolute atomic E-state index is 0.227. The molecule has 0 saturated heterocycles. The summed E-state index contributed by atoms with van der Waals surface area (Å²) in [7, 11) is 0. The second-order valence-corrected chi connectivity index (χ2v) is 4.30. The number of halogens is 2. The summed E-state index contributed by atoms with van der Waals surface area (Å²) in [5.41, 5.74) is 6.99. The van der Waals surface area contributed by atoms with Crippen LogP contribution in [0.15, 0.2) is 42.5 Å². The molecular formula is C15H15F2N3. The van der Waals surface area contributed by atoms with Crippen LogP contribution in [0.3, 0.4) is 0 Å². The third kappa shape index (κ3) is 2.77. The van der Waals surface area contributed by atoms with Crippen molar-refractivity contribution < 1.29 is 8.78 Å². The molecule has 3 N–H and O–H groups in total. The standard InChI is InChI=1S/C15H15F2N3/c1-2-20(12-5-3-4-10(16)8-12)14-7-6-11(17)9-13(14)15(18)19/h3-9H,2H2,1H3,(H3,18,19). The number of rotatable bonds is 4. The first-order chi connectivity index (χ1) is 9.52. The second-order valence-electron chi connectivity index (χ2n) is 4.30. The summed E-state index contributed by atoms with van der Waals surface area (Å²) in [5, 5.41) is 7.56. The van der Waals surface area contributed by atoms with E-state index in [9.17, 15) is 8.78 Å². The summed E-state index contributed by atoms with van der Waals surface area (Å²) in [6, 6.07) is 10.1. The van der Waals surface area contributed by atoms with Gasteiger partial charge in [-0.25, -0.2) is 8.78 Å². The lowest BCUT2D eigenvalue weighted by atomic mass is 10.1. The molecule has 0 unspecified atom stereocenters. The molecule has 2 aromatic rings. The predicted octanol–water partition coefficient (Wildman–Crippen LogP) is 3.41. The fraction of sp³-hybridized carbons (Fsp3) is 0.133. The molecule has 20 heavy (non-hydrogen) atoms. The van der Waals surface area contributed by atoms with E-state index in [4.69, 9.17) is 11.1 Å². The Hall–Kier alpha value is -2.43. The van der Waals surface area contributed by atoms with Gasteiger partial charge >= 0.3 is 0 Å². The van der Waals surface area contributed by atoms with Crippen LogP contribution in [-0.2, 0) is 0 Å². The van der Waals surface area contributed by atoms with Gasteiger partial charge in [-0.05, 0) is 43.3 Å². The predicted molar refractivity (Wildman–Crippen MR) is 76.5 cm³/mol. The van der Waals surface area contributed by atoms with Crippen LogP contribution in [0.25, 0.3) is 0 Å². The van der Waals surface area contributed by atoms with E-state index in [-0.39, 0.29) is 17.2 Å². The highest BCUT2D eigenvalue weighted by Gasteiger charge is 2.15. The van der Waals surface area contributed by atoms with Crippen molar-refractivity contribution in [3.05, 3.63) is 59.7 Å². The van der Waals surface area contributed by atoms with E-state index in [2.05, 4.69) is 0 Å². The summed E-state index contributed by atoms with van der Waals surface area (Å²) >= 11 is 0. The van der Waals surface area contributed by atoms with E-state index < -0.39 is 5.82 Å². The maximum absolute atomic E-state index is 13.3. The summed E-state index contributed by atoms with van der Waals surface area (Å²) in [4.78, 5) is 1.78. The van der Waals surface area contributed by atoms with E-state index in [0.717, 1.165) is 0 Å². The average Bonchev–Trinajstić information content (AvgIpc) is 2.41. The van der Waals surface area contributed by atoms with Crippen LogP contribution in [0.4, 0.5) is 20.2 Å². The van der Waals surface area contributed by atoms with Crippen molar-refractivity contribution in [1.29, 1.82) is 5.41 Å². The number of hydrogen-bond acceptors (Lipinski definition) is 2. The van der Waals surface area contributed by atoms with E-state index in [1.54, 1.807) is 23.1 Å². The third-order valence-corrected chi connectivity index (χ3v) is 2.98. The number of nitrogens with one attached hydrogen (secondary N) is 1. The Kier molecular flexibility index (Phi) is 3.98. The molecule has 0 aromatic heterocycles. The highest BCUT2D eigenvalue weighted by atomic mass is 19.1. The fourth-order valence-electron chi connectivity index (χ4n) is 2.10. The van der Waals surface area contributed by atoms with Gasteiger partial charge in [-0.2, -0.15) is 0 Å². The lowest BCUT2D eigenvalue weighted by Gasteiger charge is -2.25. The molecule has 0 spiro atoms. The number of anilines is 2. The quantitative estimate of drug-likeness (QED) is 0.663. The van der Waals surface area contributed by atoms with Gasteiger partial charge in [-0.1, -0.05) is 6.07 Å². The number of hydrogen-bond donors (Lipinski definition) is 2. The van der Waals surface area contributed by atoms with Crippen molar-refractivity contribution in [2.75, 3.05) is 11.4 Å². The van der Waals surface area contributed by atoms with Crippen LogP contribution >= 0.6 is 0 Å². The largest absolute Gasteiger partial charge is 0.384 e. The Morgan fingerprint density at radius 1 is 1.15 bits per heavy atom. The molecule has 0 amide bonds. The molecule has 0 fully saturated rings. The monoisotopic (exact) mass is 275 g/mol. The van der Waals surface area contributed by atoms with Crippen LogP contribution < -0.4 is 10.6 Å². The molecule has 5 heteroatoms. The maximum atomic E-state index is 13.3. The Balaban J connectivity index is 2.55. The molecule has 2 aromatic carbocycles. The fourth-order valence-corrected chi connectivity index (χ4v) is 2.10. The van der Waals surface area contributed by atoms with Gasteiger partial charge in [0.1, 0.15) is 17.5 Å². The smallest absolute Gasteiger partial charge is 0.125 e. The summed E-state index contributed by atoms with van der Waals surface area (Å²) in [6.45, 7) is 2.42. The normalized spacial score (nSPS) is 10.3. The van der Waals surface area contributed by atoms with Crippen LogP contribution in [0.5, 0.6) is 0 Å². The molecular weight excluding hydrogens is 260 g/mol. The first-order valence-electron chi connectivity index (χ1n) is 6.20. The van der Waals surface area contributed by atoms with Crippen LogP contribution in [0.1, 0.15) is 12.5 Å². The zero-order valence-corrected chi connectivity index (χ0v) is 11.0. The van der Waals surface area contributed by atoms with Crippen molar-refractivity contribution in [2.24, 2.45) is 5.73 Å². The Morgan fingerprint density at radius 3 is 2.45 bits per heavy atom. The van der Waals surface area contributed by atoms with E-state index in [1.807, 2.05) is 6.92 Å². The maximum Gasteiger partial charge on any atom is 0.125 e. The third-order valence-electron chi connectivity index (χ3n) is 2.98. The number of benzene rings is 2. The Labute approximate surface area is 116 Å². The molecule has 0 bridgehead atoms. The lowest BCUT2D eigenvalue weighted by Crippen LogP contribution is -2.22. The molecule has 3 nitrogen and oxygen atoms in total. The molecule has 0 aliphatic carbocycles. The van der Waals surface area contributed by atoms with Crippen molar-refractivity contribution in [3.63, 3.8) is 0 Å². The minimum atomic E-state index is -0.464. The summed E-state index contributed by atoms with van der Waals surface area (Å²) in [6.07, 6.45) is 0. The zero-order chi connectivity index (χ0) is 14.7. The summed E-state index contributed by atoms with van der Waals surface area (Å²) < 4.78 is 26.7. The lowest BCUT2D eigenvalue weighted by molar-refractivity contribution is 0.626. The van der Waals surface area contributed by atoms with Gasteiger partial charge in [-0.15, -0.1) is 0 Å². The number of nitrogens with two attached hydrogens (primary N) is 1. The molecule has 0 saturated carbocycles. The number of nitrogen functional groups attached to an aromatic ring is 1. The van der Waals surface area contributed by atoms with Crippen molar-refractivity contribution in [3.8, 4) is 0 Å². The molecule has 0 heterocycles. The topological polar surface area (TPSA) is 53.1 Å². The Bertz CT molecular complexity index is 641. The minimum Gasteiger partial charge on any atom is -0.384 e. The molecule has 0 radical (unpaired) electrons. The van der Waals surface area contributed by atoms with Gasteiger partial charge in [-0.3, -0.25) is 5.41 Å². The van der Waals surface area contributed by atoms with Gasteiger partial charge in [0.05, 0.1) is 5.69 Å². The molecule has 2 rings (SSSR count). The molecule has 0 atom stereocenters. The van der Waals surface area contributed by atoms with Crippen LogP contribution in [0, 0.1) is 17.0 Å². The molecule has 0 aliphatic rings. The first-order valence-corrected chi connectivity index (χ1v) is 6.20. The Morgan fingerprint density at radius 2 is 1.85 bits per heavy atom. The second kappa shape index (κ2) is 5.69. The van der Waals surface area contributed by atoms with Gasteiger partial charge in [0.25, 0.3) is 0 Å². The molecule has 104 valence electrons. The van der Waals surface area contributed by atoms with E-state index >= 15 is 0 Å². The first kappa shape index (κ1) is 14.0. The van der Waals surface area contributed by atoms with Crippen LogP contribution in [0.2, 0.25) is 0 Å². The van der Waals surface area contributed by atoms with Gasteiger partial charge < -0.3 is 10.6 Å². The molecule has 0 aliphatic heterocycles. The SMILES string of the molecule is CCN(c1cccc(F)c1)c1ccc(F)cc1C(=N)N. The van der Waals surface area contributed by atoms with Gasteiger partial charge in [0, 0.05) is 17.8 Å². The van der Waals surface area contributed by atoms with Crippen molar-refractivity contribution in [1.82, 2.24) is 0 Å². The highest BCUT2D eigenvalue weighted by Crippen LogP contribution is 2.29.